The van der Waals surface area contributed by atoms with Crippen molar-refractivity contribution in [3.8, 4) is 0 Å². The van der Waals surface area contributed by atoms with Gasteiger partial charge in [-0.15, -0.1) is 4.31 Å². The third kappa shape index (κ3) is 4.04. The standard InChI is InChI=1S/C26H20F2N2O3S/c27-19-10-11-23(28)22(15-19)18-14-24(17-6-2-1-3-7-17)30(16-18)34(33)13-12-29-25(31)20-8-4-5-9-21(20)26(29)32/h1-11,14-15,24H,12-13,16H2. The summed E-state index contributed by atoms with van der Waals surface area (Å²) in [5.41, 5.74) is 2.18. The number of amides is 2. The summed E-state index contributed by atoms with van der Waals surface area (Å²) in [6, 6.07) is 18.7. The Morgan fingerprint density at radius 2 is 1.53 bits per heavy atom. The van der Waals surface area contributed by atoms with E-state index in [2.05, 4.69) is 0 Å². The van der Waals surface area contributed by atoms with Crippen LogP contribution >= 0.6 is 0 Å². The number of carbonyl (C=O) groups is 2. The van der Waals surface area contributed by atoms with Gasteiger partial charge in [0.25, 0.3) is 11.8 Å². The zero-order valence-electron chi connectivity index (χ0n) is 18.0. The monoisotopic (exact) mass is 478 g/mol. The molecule has 0 aromatic heterocycles. The summed E-state index contributed by atoms with van der Waals surface area (Å²) in [5, 5.41) is 0. The van der Waals surface area contributed by atoms with E-state index in [9.17, 15) is 22.9 Å². The van der Waals surface area contributed by atoms with Crippen LogP contribution in [0.15, 0.2) is 78.9 Å². The fourth-order valence-electron chi connectivity index (χ4n) is 4.35. The second kappa shape index (κ2) is 9.13. The summed E-state index contributed by atoms with van der Waals surface area (Å²) < 4.78 is 43.3. The van der Waals surface area contributed by atoms with E-state index in [4.69, 9.17) is 0 Å². The number of hydrogen-bond acceptors (Lipinski definition) is 4. The van der Waals surface area contributed by atoms with Crippen molar-refractivity contribution in [1.82, 2.24) is 9.21 Å². The molecule has 0 fully saturated rings. The van der Waals surface area contributed by atoms with Gasteiger partial charge in [0.1, 0.15) is 17.4 Å². The van der Waals surface area contributed by atoms with Gasteiger partial charge in [-0.2, -0.15) is 0 Å². The van der Waals surface area contributed by atoms with E-state index in [0.717, 1.165) is 28.7 Å². The molecule has 0 N–H and O–H groups in total. The Morgan fingerprint density at radius 3 is 2.21 bits per heavy atom. The molecule has 8 heteroatoms. The smallest absolute Gasteiger partial charge is 0.261 e. The Balaban J connectivity index is 1.37. The zero-order chi connectivity index (χ0) is 23.8. The van der Waals surface area contributed by atoms with Crippen molar-refractivity contribution in [2.75, 3.05) is 18.8 Å². The molecule has 172 valence electrons. The maximum absolute atomic E-state index is 14.5. The summed E-state index contributed by atoms with van der Waals surface area (Å²) in [5.74, 6) is -1.89. The second-order valence-corrected chi connectivity index (χ2v) is 9.60. The lowest BCUT2D eigenvalue weighted by molar-refractivity contribution is 0.0663. The van der Waals surface area contributed by atoms with Gasteiger partial charge in [-0.25, -0.2) is 8.78 Å². The molecule has 2 aliphatic rings. The predicted octanol–water partition coefficient (Wildman–Crippen LogP) is 4.37. The number of halogens is 2. The molecule has 0 bridgehead atoms. The fraction of sp³-hybridized carbons (Fsp3) is 0.154. The minimum atomic E-state index is -1.60. The molecule has 34 heavy (non-hydrogen) atoms. The minimum absolute atomic E-state index is 0.0133. The van der Waals surface area contributed by atoms with Gasteiger partial charge in [0.15, 0.2) is 0 Å². The minimum Gasteiger partial charge on any atom is -0.598 e. The van der Waals surface area contributed by atoms with Gasteiger partial charge in [-0.3, -0.25) is 14.5 Å². The van der Waals surface area contributed by atoms with Gasteiger partial charge in [0.05, 0.1) is 30.3 Å². The van der Waals surface area contributed by atoms with Crippen LogP contribution in [0.25, 0.3) is 5.57 Å². The molecule has 0 saturated carbocycles. The van der Waals surface area contributed by atoms with Gasteiger partial charge >= 0.3 is 0 Å². The second-order valence-electron chi connectivity index (χ2n) is 8.08. The van der Waals surface area contributed by atoms with Gasteiger partial charge in [-0.05, 0) is 41.5 Å². The summed E-state index contributed by atoms with van der Waals surface area (Å²) in [6.07, 6.45) is 1.78. The van der Waals surface area contributed by atoms with Crippen LogP contribution in [0.5, 0.6) is 0 Å². The normalized spacial score (nSPS) is 18.9. The Morgan fingerprint density at radius 1 is 0.882 bits per heavy atom. The van der Waals surface area contributed by atoms with E-state index in [1.54, 1.807) is 34.6 Å². The summed E-state index contributed by atoms with van der Waals surface area (Å²) in [7, 11) is 0. The molecule has 5 rings (SSSR count). The molecule has 0 spiro atoms. The molecular formula is C26H20F2N2O3S. The summed E-state index contributed by atoms with van der Waals surface area (Å²) in [6.45, 7) is 0.120. The van der Waals surface area contributed by atoms with Gasteiger partial charge in [0.2, 0.25) is 0 Å². The van der Waals surface area contributed by atoms with Crippen molar-refractivity contribution in [2.24, 2.45) is 0 Å². The number of rotatable bonds is 6. The highest BCUT2D eigenvalue weighted by Gasteiger charge is 2.39. The lowest BCUT2D eigenvalue weighted by Gasteiger charge is -2.27. The van der Waals surface area contributed by atoms with Crippen LogP contribution in [-0.2, 0) is 11.4 Å². The Labute approximate surface area is 198 Å². The van der Waals surface area contributed by atoms with Crippen LogP contribution in [0.2, 0.25) is 0 Å². The Bertz CT molecular complexity index is 1260. The molecule has 0 aliphatic carbocycles. The maximum Gasteiger partial charge on any atom is 0.261 e. The fourth-order valence-corrected chi connectivity index (χ4v) is 5.64. The predicted molar refractivity (Wildman–Crippen MR) is 125 cm³/mol. The lowest BCUT2D eigenvalue weighted by atomic mass is 10.0. The van der Waals surface area contributed by atoms with Gasteiger partial charge in [0, 0.05) is 16.9 Å². The van der Waals surface area contributed by atoms with Crippen LogP contribution in [0, 0.1) is 11.6 Å². The third-order valence-electron chi connectivity index (χ3n) is 6.04. The first-order chi connectivity index (χ1) is 16.4. The van der Waals surface area contributed by atoms with E-state index in [1.807, 2.05) is 30.3 Å². The van der Waals surface area contributed by atoms with E-state index in [1.165, 1.54) is 0 Å². The van der Waals surface area contributed by atoms with Crippen molar-refractivity contribution in [3.63, 3.8) is 0 Å². The first-order valence-corrected chi connectivity index (χ1v) is 12.0. The molecule has 2 aliphatic heterocycles. The van der Waals surface area contributed by atoms with Crippen LogP contribution in [-0.4, -0.2) is 44.4 Å². The topological polar surface area (TPSA) is 63.7 Å². The zero-order valence-corrected chi connectivity index (χ0v) is 18.8. The number of fused-ring (bicyclic) bond motifs is 1. The van der Waals surface area contributed by atoms with E-state index < -0.39 is 40.9 Å². The Hall–Kier alpha value is -3.33. The molecule has 0 radical (unpaired) electrons. The molecule has 2 amide bonds. The van der Waals surface area contributed by atoms with Crippen molar-refractivity contribution in [1.29, 1.82) is 0 Å². The molecule has 2 unspecified atom stereocenters. The molecule has 3 aromatic carbocycles. The van der Waals surface area contributed by atoms with Crippen molar-refractivity contribution < 1.29 is 22.9 Å². The summed E-state index contributed by atoms with van der Waals surface area (Å²) in [4.78, 5) is 26.4. The Kier molecular flexibility index (Phi) is 6.03. The van der Waals surface area contributed by atoms with Crippen LogP contribution in [0.1, 0.15) is 37.9 Å². The van der Waals surface area contributed by atoms with Crippen molar-refractivity contribution in [2.45, 2.75) is 6.04 Å². The molecule has 0 saturated heterocycles. The highest BCUT2D eigenvalue weighted by molar-refractivity contribution is 7.89. The van der Waals surface area contributed by atoms with Gasteiger partial charge < -0.3 is 4.55 Å². The number of nitrogens with zero attached hydrogens (tertiary/aromatic N) is 2. The third-order valence-corrected chi connectivity index (χ3v) is 7.45. The number of hydrogen-bond donors (Lipinski definition) is 0. The first kappa shape index (κ1) is 22.5. The average Bonchev–Trinajstić information content (AvgIpc) is 3.40. The summed E-state index contributed by atoms with van der Waals surface area (Å²) >= 11 is -1.60. The van der Waals surface area contributed by atoms with Crippen LogP contribution in [0.4, 0.5) is 8.78 Å². The molecular weight excluding hydrogens is 458 g/mol. The highest BCUT2D eigenvalue weighted by atomic mass is 32.2. The maximum atomic E-state index is 14.5. The number of imide groups is 1. The quantitative estimate of drug-likeness (QED) is 0.390. The van der Waals surface area contributed by atoms with Crippen molar-refractivity contribution in [3.05, 3.63) is 113 Å². The number of carbonyl (C=O) groups excluding carboxylic acids is 2. The SMILES string of the molecule is O=C1c2ccccc2C(=O)N1CC[S+]([O-])N1CC(c2cc(F)ccc2F)=CC1c1ccccc1. The van der Waals surface area contributed by atoms with E-state index in [0.29, 0.717) is 16.7 Å². The molecule has 2 heterocycles. The van der Waals surface area contributed by atoms with Gasteiger partial charge in [-0.1, -0.05) is 48.5 Å². The van der Waals surface area contributed by atoms with E-state index in [-0.39, 0.29) is 24.4 Å². The largest absolute Gasteiger partial charge is 0.598 e. The molecule has 5 nitrogen and oxygen atoms in total. The van der Waals surface area contributed by atoms with Crippen molar-refractivity contribution >= 4 is 28.7 Å². The lowest BCUT2D eigenvalue weighted by Crippen LogP contribution is -2.40. The average molecular weight is 479 g/mol. The van der Waals surface area contributed by atoms with Crippen LogP contribution in [0.3, 0.4) is 0 Å². The van der Waals surface area contributed by atoms with E-state index >= 15 is 0 Å². The molecule has 2 atom stereocenters. The molecule has 3 aromatic rings. The first-order valence-electron chi connectivity index (χ1n) is 10.8. The number of benzene rings is 3. The van der Waals surface area contributed by atoms with Crippen LogP contribution < -0.4 is 0 Å². The highest BCUT2D eigenvalue weighted by Crippen LogP contribution is 2.37.